The van der Waals surface area contributed by atoms with Crippen LogP contribution in [0.3, 0.4) is 0 Å². The van der Waals surface area contributed by atoms with Gasteiger partial charge in [0.1, 0.15) is 5.75 Å². The Balaban J connectivity index is 3.08. The van der Waals surface area contributed by atoms with E-state index in [0.29, 0.717) is 11.1 Å². The summed E-state index contributed by atoms with van der Waals surface area (Å²) < 4.78 is 33.4. The molecule has 1 rings (SSSR count). The Morgan fingerprint density at radius 3 is 2.68 bits per heavy atom. The molecule has 0 atom stereocenters. The van der Waals surface area contributed by atoms with Crippen LogP contribution in [0.15, 0.2) is 12.1 Å². The van der Waals surface area contributed by atoms with E-state index in [2.05, 4.69) is 4.74 Å². The summed E-state index contributed by atoms with van der Waals surface area (Å²) in [5.41, 5.74) is 1.18. The third kappa shape index (κ3) is 4.21. The minimum absolute atomic E-state index is 0.0885. The molecule has 0 aliphatic heterocycles. The molecule has 0 spiro atoms. The van der Waals surface area contributed by atoms with E-state index in [4.69, 9.17) is 10.00 Å². The van der Waals surface area contributed by atoms with Gasteiger partial charge in [-0.1, -0.05) is 0 Å². The van der Waals surface area contributed by atoms with E-state index in [1.807, 2.05) is 6.07 Å². The minimum atomic E-state index is -2.98. The fourth-order valence-corrected chi connectivity index (χ4v) is 1.58. The van der Waals surface area contributed by atoms with Gasteiger partial charge in [0.25, 0.3) is 0 Å². The van der Waals surface area contributed by atoms with Crippen LogP contribution in [0.2, 0.25) is 0 Å². The van der Waals surface area contributed by atoms with Gasteiger partial charge in [-0.2, -0.15) is 14.0 Å². The number of nitriles is 1. The van der Waals surface area contributed by atoms with Crippen molar-refractivity contribution in [1.29, 1.82) is 5.26 Å². The number of carbonyl (C=O) groups is 1. The smallest absolute Gasteiger partial charge is 0.387 e. The predicted molar refractivity (Wildman–Crippen MR) is 62.9 cm³/mol. The molecule has 102 valence electrons. The van der Waals surface area contributed by atoms with Crippen molar-refractivity contribution >= 4 is 5.97 Å². The van der Waals surface area contributed by atoms with Gasteiger partial charge in [-0.15, -0.1) is 0 Å². The molecule has 0 aliphatic carbocycles. The number of esters is 1. The molecular weight excluding hydrogens is 256 g/mol. The van der Waals surface area contributed by atoms with Gasteiger partial charge in [-0.05, 0) is 37.1 Å². The zero-order chi connectivity index (χ0) is 14.4. The van der Waals surface area contributed by atoms with Gasteiger partial charge in [-0.25, -0.2) is 0 Å². The lowest BCUT2D eigenvalue weighted by molar-refractivity contribution is -0.142. The number of benzene rings is 1. The van der Waals surface area contributed by atoms with E-state index >= 15 is 0 Å². The van der Waals surface area contributed by atoms with Gasteiger partial charge in [0.05, 0.1) is 24.7 Å². The highest BCUT2D eigenvalue weighted by molar-refractivity contribution is 5.73. The third-order valence-electron chi connectivity index (χ3n) is 2.47. The van der Waals surface area contributed by atoms with Crippen LogP contribution in [0.25, 0.3) is 0 Å². The van der Waals surface area contributed by atoms with Crippen molar-refractivity contribution < 1.29 is 23.0 Å². The molecule has 0 radical (unpaired) electrons. The molecule has 19 heavy (non-hydrogen) atoms. The lowest BCUT2D eigenvalue weighted by Crippen LogP contribution is -2.10. The first kappa shape index (κ1) is 14.9. The van der Waals surface area contributed by atoms with Crippen LogP contribution in [0.1, 0.15) is 23.6 Å². The van der Waals surface area contributed by atoms with Crippen molar-refractivity contribution in [2.24, 2.45) is 0 Å². The van der Waals surface area contributed by atoms with Crippen molar-refractivity contribution in [2.75, 3.05) is 6.61 Å². The van der Waals surface area contributed by atoms with Gasteiger partial charge in [0.2, 0.25) is 0 Å². The number of hydrogen-bond acceptors (Lipinski definition) is 4. The lowest BCUT2D eigenvalue weighted by Gasteiger charge is -2.11. The van der Waals surface area contributed by atoms with E-state index < -0.39 is 12.6 Å². The normalized spacial score (nSPS) is 10.1. The molecule has 1 aromatic carbocycles. The lowest BCUT2D eigenvalue weighted by atomic mass is 10.00. The summed E-state index contributed by atoms with van der Waals surface area (Å²) in [6.45, 7) is 0.557. The summed E-state index contributed by atoms with van der Waals surface area (Å²) in [6, 6.07) is 4.41. The average molecular weight is 269 g/mol. The SMILES string of the molecule is CCOC(=O)Cc1cc(OC(F)F)cc(C#N)c1C. The Morgan fingerprint density at radius 1 is 1.47 bits per heavy atom. The summed E-state index contributed by atoms with van der Waals surface area (Å²) in [5, 5.41) is 8.93. The van der Waals surface area contributed by atoms with Crippen LogP contribution in [0, 0.1) is 18.3 Å². The van der Waals surface area contributed by atoms with E-state index in [1.54, 1.807) is 13.8 Å². The second kappa shape index (κ2) is 6.69. The molecule has 0 fully saturated rings. The molecule has 0 unspecified atom stereocenters. The van der Waals surface area contributed by atoms with Crippen LogP contribution in [-0.2, 0) is 16.0 Å². The van der Waals surface area contributed by atoms with Gasteiger partial charge in [-0.3, -0.25) is 4.79 Å². The second-order valence-corrected chi connectivity index (χ2v) is 3.73. The number of rotatable bonds is 5. The molecule has 0 heterocycles. The number of alkyl halides is 2. The Morgan fingerprint density at radius 2 is 2.16 bits per heavy atom. The van der Waals surface area contributed by atoms with Crippen molar-refractivity contribution in [2.45, 2.75) is 26.9 Å². The van der Waals surface area contributed by atoms with Crippen molar-refractivity contribution in [3.63, 3.8) is 0 Å². The summed E-state index contributed by atoms with van der Waals surface area (Å²) in [6.07, 6.45) is -0.0885. The topological polar surface area (TPSA) is 59.3 Å². The maximum atomic E-state index is 12.2. The summed E-state index contributed by atoms with van der Waals surface area (Å²) in [4.78, 5) is 11.4. The van der Waals surface area contributed by atoms with E-state index in [0.717, 1.165) is 0 Å². The second-order valence-electron chi connectivity index (χ2n) is 3.73. The van der Waals surface area contributed by atoms with Crippen molar-refractivity contribution in [3.05, 3.63) is 28.8 Å². The molecule has 4 nitrogen and oxygen atoms in total. The summed E-state index contributed by atoms with van der Waals surface area (Å²) in [7, 11) is 0. The standard InChI is InChI=1S/C13H13F2NO3/c1-3-18-12(17)6-9-4-11(19-13(14)15)5-10(7-16)8(9)2/h4-5,13H,3,6H2,1-2H3. The van der Waals surface area contributed by atoms with Gasteiger partial charge < -0.3 is 9.47 Å². The zero-order valence-corrected chi connectivity index (χ0v) is 10.6. The molecule has 0 saturated carbocycles. The Labute approximate surface area is 109 Å². The van der Waals surface area contributed by atoms with Crippen LogP contribution >= 0.6 is 0 Å². The maximum absolute atomic E-state index is 12.2. The Bertz CT molecular complexity index is 509. The fourth-order valence-electron chi connectivity index (χ4n) is 1.58. The number of halogens is 2. The predicted octanol–water partition coefficient (Wildman–Crippen LogP) is 2.57. The van der Waals surface area contributed by atoms with Crippen LogP contribution in [-0.4, -0.2) is 19.2 Å². The quantitative estimate of drug-likeness (QED) is 0.771. The Hall–Kier alpha value is -2.16. The molecule has 0 amide bonds. The Kier molecular flexibility index (Phi) is 5.24. The number of ether oxygens (including phenoxy) is 2. The van der Waals surface area contributed by atoms with Crippen LogP contribution in [0.5, 0.6) is 5.75 Å². The highest BCUT2D eigenvalue weighted by Gasteiger charge is 2.14. The first-order valence-electron chi connectivity index (χ1n) is 5.62. The monoisotopic (exact) mass is 269 g/mol. The molecule has 1 aromatic rings. The van der Waals surface area contributed by atoms with E-state index in [-0.39, 0.29) is 24.3 Å². The largest absolute Gasteiger partial charge is 0.466 e. The molecule has 0 aromatic heterocycles. The summed E-state index contributed by atoms with van der Waals surface area (Å²) in [5.74, 6) is -0.625. The van der Waals surface area contributed by atoms with Gasteiger partial charge in [0, 0.05) is 0 Å². The number of carbonyl (C=O) groups excluding carboxylic acids is 1. The van der Waals surface area contributed by atoms with E-state index in [1.165, 1.54) is 12.1 Å². The molecule has 0 aliphatic rings. The number of nitrogens with zero attached hydrogens (tertiary/aromatic N) is 1. The first-order chi connectivity index (χ1) is 8.97. The molecule has 0 N–H and O–H groups in total. The highest BCUT2D eigenvalue weighted by Crippen LogP contribution is 2.24. The third-order valence-corrected chi connectivity index (χ3v) is 2.47. The maximum Gasteiger partial charge on any atom is 0.387 e. The van der Waals surface area contributed by atoms with Crippen molar-refractivity contribution in [3.8, 4) is 11.8 Å². The number of hydrogen-bond donors (Lipinski definition) is 0. The van der Waals surface area contributed by atoms with Crippen molar-refractivity contribution in [1.82, 2.24) is 0 Å². The van der Waals surface area contributed by atoms with E-state index in [9.17, 15) is 13.6 Å². The van der Waals surface area contributed by atoms with Gasteiger partial charge >= 0.3 is 12.6 Å². The molecular formula is C13H13F2NO3. The van der Waals surface area contributed by atoms with Gasteiger partial charge in [0.15, 0.2) is 0 Å². The minimum Gasteiger partial charge on any atom is -0.466 e. The average Bonchev–Trinajstić information content (AvgIpc) is 2.32. The fraction of sp³-hybridized carbons (Fsp3) is 0.385. The molecule has 0 bridgehead atoms. The molecule has 6 heteroatoms. The van der Waals surface area contributed by atoms with Crippen LogP contribution < -0.4 is 4.74 Å². The van der Waals surface area contributed by atoms with Crippen LogP contribution in [0.4, 0.5) is 8.78 Å². The summed E-state index contributed by atoms with van der Waals surface area (Å²) >= 11 is 0. The zero-order valence-electron chi connectivity index (χ0n) is 10.6. The molecule has 0 saturated heterocycles. The first-order valence-corrected chi connectivity index (χ1v) is 5.62. The highest BCUT2D eigenvalue weighted by atomic mass is 19.3.